The zero-order chi connectivity index (χ0) is 16.1. The van der Waals surface area contributed by atoms with Crippen LogP contribution >= 0.6 is 7.60 Å². The van der Waals surface area contributed by atoms with Crippen molar-refractivity contribution in [3.8, 4) is 0 Å². The summed E-state index contributed by atoms with van der Waals surface area (Å²) in [7, 11) is -4.60. The molecule has 1 rings (SSSR count). The minimum Gasteiger partial charge on any atom is -0.323 e. The van der Waals surface area contributed by atoms with Crippen molar-refractivity contribution in [2.75, 3.05) is 13.1 Å². The second-order valence-electron chi connectivity index (χ2n) is 4.60. The highest BCUT2D eigenvalue weighted by molar-refractivity contribution is 7.53. The third-order valence-electron chi connectivity index (χ3n) is 3.09. The molecule has 0 aromatic heterocycles. The topological polar surface area (TPSA) is 110 Å². The lowest BCUT2D eigenvalue weighted by Gasteiger charge is -2.32. The fraction of sp³-hybridized carbons (Fsp3) is 0.308. The highest BCUT2D eigenvalue weighted by Gasteiger charge is 2.44. The Morgan fingerprint density at radius 2 is 2.00 bits per heavy atom. The SMILES string of the molecule is C=CCN(O)C(=O)CNC(C)(c1ccccc1)P(=O)(O)O. The van der Waals surface area contributed by atoms with Gasteiger partial charge in [0.15, 0.2) is 0 Å². The van der Waals surface area contributed by atoms with Crippen molar-refractivity contribution in [2.24, 2.45) is 0 Å². The van der Waals surface area contributed by atoms with Crippen molar-refractivity contribution < 1.29 is 24.4 Å². The molecule has 21 heavy (non-hydrogen) atoms. The Morgan fingerprint density at radius 1 is 1.43 bits per heavy atom. The molecule has 1 aromatic rings. The zero-order valence-electron chi connectivity index (χ0n) is 11.6. The van der Waals surface area contributed by atoms with Gasteiger partial charge in [0.2, 0.25) is 0 Å². The summed E-state index contributed by atoms with van der Waals surface area (Å²) in [6, 6.07) is 8.11. The summed E-state index contributed by atoms with van der Waals surface area (Å²) in [6.07, 6.45) is 1.33. The molecule has 7 nitrogen and oxygen atoms in total. The van der Waals surface area contributed by atoms with Crippen molar-refractivity contribution in [1.29, 1.82) is 0 Å². The van der Waals surface area contributed by atoms with Gasteiger partial charge in [-0.25, -0.2) is 5.06 Å². The molecule has 0 aliphatic heterocycles. The Labute approximate surface area is 123 Å². The Balaban J connectivity index is 2.94. The van der Waals surface area contributed by atoms with Crippen LogP contribution in [0.3, 0.4) is 0 Å². The lowest BCUT2D eigenvalue weighted by molar-refractivity contribution is -0.161. The summed E-state index contributed by atoms with van der Waals surface area (Å²) < 4.78 is 11.8. The number of hydrogen-bond acceptors (Lipinski definition) is 4. The minimum atomic E-state index is -4.60. The van der Waals surface area contributed by atoms with Crippen molar-refractivity contribution in [1.82, 2.24) is 10.4 Å². The van der Waals surface area contributed by atoms with E-state index in [9.17, 15) is 24.4 Å². The van der Waals surface area contributed by atoms with Crippen LogP contribution in [-0.2, 0) is 14.6 Å². The molecule has 0 heterocycles. The Morgan fingerprint density at radius 3 is 2.48 bits per heavy atom. The summed E-state index contributed by atoms with van der Waals surface area (Å²) >= 11 is 0. The number of carbonyl (C=O) groups excluding carboxylic acids is 1. The number of carbonyl (C=O) groups is 1. The molecule has 1 amide bonds. The number of hydroxylamine groups is 2. The largest absolute Gasteiger partial charge is 0.349 e. The van der Waals surface area contributed by atoms with E-state index in [1.807, 2.05) is 0 Å². The summed E-state index contributed by atoms with van der Waals surface area (Å²) in [5.41, 5.74) is 0.347. The molecule has 0 saturated carbocycles. The average molecular weight is 314 g/mol. The van der Waals surface area contributed by atoms with Gasteiger partial charge in [0, 0.05) is 0 Å². The highest BCUT2D eigenvalue weighted by Crippen LogP contribution is 2.54. The summed E-state index contributed by atoms with van der Waals surface area (Å²) in [6.45, 7) is 4.19. The van der Waals surface area contributed by atoms with Crippen LogP contribution in [0.25, 0.3) is 0 Å². The normalized spacial score (nSPS) is 14.3. The minimum absolute atomic E-state index is 0.0710. The maximum atomic E-state index is 11.8. The van der Waals surface area contributed by atoms with Gasteiger partial charge in [0.1, 0.15) is 5.28 Å². The first-order valence-electron chi connectivity index (χ1n) is 6.18. The molecule has 0 radical (unpaired) electrons. The first-order valence-corrected chi connectivity index (χ1v) is 7.80. The van der Waals surface area contributed by atoms with E-state index in [2.05, 4.69) is 11.9 Å². The van der Waals surface area contributed by atoms with Gasteiger partial charge in [-0.2, -0.15) is 0 Å². The van der Waals surface area contributed by atoms with E-state index >= 15 is 0 Å². The molecular formula is C13H19N2O5P. The number of nitrogens with one attached hydrogen (secondary N) is 1. The number of hydrogen-bond donors (Lipinski definition) is 4. The molecular weight excluding hydrogens is 295 g/mol. The van der Waals surface area contributed by atoms with Gasteiger partial charge >= 0.3 is 7.60 Å². The first-order chi connectivity index (χ1) is 9.72. The van der Waals surface area contributed by atoms with Crippen LogP contribution in [0.5, 0.6) is 0 Å². The van der Waals surface area contributed by atoms with Gasteiger partial charge in [0.25, 0.3) is 5.91 Å². The number of nitrogens with zero attached hydrogens (tertiary/aromatic N) is 1. The van der Waals surface area contributed by atoms with Gasteiger partial charge in [-0.1, -0.05) is 36.4 Å². The van der Waals surface area contributed by atoms with E-state index in [4.69, 9.17) is 0 Å². The van der Waals surface area contributed by atoms with Crippen LogP contribution in [0.4, 0.5) is 0 Å². The van der Waals surface area contributed by atoms with Crippen LogP contribution in [0, 0.1) is 0 Å². The predicted molar refractivity (Wildman–Crippen MR) is 77.5 cm³/mol. The first kappa shape index (κ1) is 17.6. The molecule has 0 spiro atoms. The predicted octanol–water partition coefficient (Wildman–Crippen LogP) is 1.03. The standard InChI is InChI=1S/C13H19N2O5P/c1-3-9-15(17)12(16)10-14-13(2,21(18,19)20)11-7-5-4-6-8-11/h3-8,14,17H,1,9-10H2,2H3,(H2,18,19,20). The molecule has 0 aliphatic carbocycles. The maximum absolute atomic E-state index is 11.8. The number of rotatable bonds is 7. The fourth-order valence-electron chi connectivity index (χ4n) is 1.70. The Kier molecular flexibility index (Phi) is 5.83. The van der Waals surface area contributed by atoms with E-state index in [1.165, 1.54) is 13.0 Å². The number of amides is 1. The summed E-state index contributed by atoms with van der Waals surface area (Å²) in [5, 5.41) is 10.6. The molecule has 4 N–H and O–H groups in total. The summed E-state index contributed by atoms with van der Waals surface area (Å²) in [5.74, 6) is -0.717. The van der Waals surface area contributed by atoms with E-state index in [0.717, 1.165) is 0 Å². The summed E-state index contributed by atoms with van der Waals surface area (Å²) in [4.78, 5) is 30.8. The third kappa shape index (κ3) is 4.23. The quantitative estimate of drug-likeness (QED) is 0.259. The Bertz CT molecular complexity index is 545. The lowest BCUT2D eigenvalue weighted by atomic mass is 10.1. The van der Waals surface area contributed by atoms with Gasteiger partial charge < -0.3 is 9.79 Å². The van der Waals surface area contributed by atoms with E-state index in [1.54, 1.807) is 30.3 Å². The van der Waals surface area contributed by atoms with Crippen molar-refractivity contribution >= 4 is 13.5 Å². The molecule has 1 aromatic carbocycles. The molecule has 116 valence electrons. The van der Waals surface area contributed by atoms with Crippen LogP contribution in [-0.4, -0.2) is 39.1 Å². The van der Waals surface area contributed by atoms with Crippen LogP contribution in [0.2, 0.25) is 0 Å². The molecule has 0 aliphatic rings. The van der Waals surface area contributed by atoms with Gasteiger partial charge in [-0.15, -0.1) is 6.58 Å². The van der Waals surface area contributed by atoms with Crippen LogP contribution in [0.15, 0.2) is 43.0 Å². The zero-order valence-corrected chi connectivity index (χ0v) is 12.5. The van der Waals surface area contributed by atoms with E-state index in [-0.39, 0.29) is 6.54 Å². The average Bonchev–Trinajstić information content (AvgIpc) is 2.44. The monoisotopic (exact) mass is 314 g/mol. The van der Waals surface area contributed by atoms with Crippen molar-refractivity contribution in [2.45, 2.75) is 12.2 Å². The van der Waals surface area contributed by atoms with Gasteiger partial charge in [-0.3, -0.25) is 19.9 Å². The molecule has 8 heteroatoms. The van der Waals surface area contributed by atoms with Gasteiger partial charge in [-0.05, 0) is 12.5 Å². The van der Waals surface area contributed by atoms with Crippen LogP contribution in [0.1, 0.15) is 12.5 Å². The molecule has 0 bridgehead atoms. The Hall–Kier alpha value is -1.50. The van der Waals surface area contributed by atoms with Gasteiger partial charge in [0.05, 0.1) is 13.1 Å². The van der Waals surface area contributed by atoms with E-state index in [0.29, 0.717) is 10.6 Å². The smallest absolute Gasteiger partial charge is 0.323 e. The molecule has 1 atom stereocenters. The number of benzene rings is 1. The molecule has 0 saturated heterocycles. The lowest BCUT2D eigenvalue weighted by Crippen LogP contribution is -2.45. The second kappa shape index (κ2) is 6.98. The second-order valence-corrected chi connectivity index (χ2v) is 6.58. The van der Waals surface area contributed by atoms with Crippen molar-refractivity contribution in [3.05, 3.63) is 48.6 Å². The van der Waals surface area contributed by atoms with Crippen molar-refractivity contribution in [3.63, 3.8) is 0 Å². The highest BCUT2D eigenvalue weighted by atomic mass is 31.2. The third-order valence-corrected chi connectivity index (χ3v) is 4.67. The van der Waals surface area contributed by atoms with E-state index < -0.39 is 25.3 Å². The maximum Gasteiger partial charge on any atom is 0.349 e. The van der Waals surface area contributed by atoms with Crippen LogP contribution < -0.4 is 5.32 Å². The molecule has 1 unspecified atom stereocenters. The molecule has 0 fully saturated rings. The fourth-order valence-corrected chi connectivity index (χ4v) is 2.47.